The highest BCUT2D eigenvalue weighted by molar-refractivity contribution is 5.51. The highest BCUT2D eigenvalue weighted by Gasteiger charge is 1.93. The Morgan fingerprint density at radius 1 is 1.40 bits per heavy atom. The predicted octanol–water partition coefficient (Wildman–Crippen LogP) is 1.31. The van der Waals surface area contributed by atoms with Gasteiger partial charge in [-0.3, -0.25) is 4.90 Å². The topological polar surface area (TPSA) is 20.3 Å². The lowest BCUT2D eigenvalue weighted by molar-refractivity contribution is -0.108. The van der Waals surface area contributed by atoms with Crippen LogP contribution < -0.4 is 0 Å². The SMILES string of the molecule is CCCCCN(C)CC=O. The second kappa shape index (κ2) is 6.75. The van der Waals surface area contributed by atoms with Crippen LogP contribution in [0.3, 0.4) is 0 Å². The molecule has 0 fully saturated rings. The fourth-order valence-electron chi connectivity index (χ4n) is 0.850. The van der Waals surface area contributed by atoms with Gasteiger partial charge in [0.15, 0.2) is 0 Å². The van der Waals surface area contributed by atoms with Gasteiger partial charge in [0.1, 0.15) is 6.29 Å². The van der Waals surface area contributed by atoms with Crippen LogP contribution >= 0.6 is 0 Å². The highest BCUT2D eigenvalue weighted by atomic mass is 16.1. The van der Waals surface area contributed by atoms with Crippen molar-refractivity contribution in [2.45, 2.75) is 26.2 Å². The molecule has 0 amide bonds. The normalized spacial score (nSPS) is 10.3. The fourth-order valence-corrected chi connectivity index (χ4v) is 0.850. The molecule has 60 valence electrons. The first kappa shape index (κ1) is 9.63. The second-order valence-electron chi connectivity index (χ2n) is 2.64. The van der Waals surface area contributed by atoms with Crippen LogP contribution in [0.5, 0.6) is 0 Å². The average molecular weight is 143 g/mol. The van der Waals surface area contributed by atoms with Crippen molar-refractivity contribution in [3.8, 4) is 0 Å². The molecule has 0 saturated heterocycles. The molecule has 0 aromatic carbocycles. The second-order valence-corrected chi connectivity index (χ2v) is 2.64. The lowest BCUT2D eigenvalue weighted by atomic mass is 10.2. The van der Waals surface area contributed by atoms with Crippen LogP contribution in [0.25, 0.3) is 0 Å². The van der Waals surface area contributed by atoms with Crippen molar-refractivity contribution >= 4 is 6.29 Å². The van der Waals surface area contributed by atoms with E-state index in [4.69, 9.17) is 0 Å². The number of aldehydes is 1. The Kier molecular flexibility index (Phi) is 6.50. The monoisotopic (exact) mass is 143 g/mol. The molecule has 0 atom stereocenters. The Morgan fingerprint density at radius 3 is 2.60 bits per heavy atom. The number of carbonyl (C=O) groups excluding carboxylic acids is 1. The van der Waals surface area contributed by atoms with E-state index in [1.54, 1.807) is 0 Å². The molecule has 0 aliphatic rings. The maximum atomic E-state index is 10.0. The molecule has 10 heavy (non-hydrogen) atoms. The van der Waals surface area contributed by atoms with E-state index in [1.165, 1.54) is 19.3 Å². The van der Waals surface area contributed by atoms with Crippen molar-refractivity contribution < 1.29 is 4.79 Å². The number of likely N-dealkylation sites (N-methyl/N-ethyl adjacent to an activating group) is 1. The maximum absolute atomic E-state index is 10.0. The summed E-state index contributed by atoms with van der Waals surface area (Å²) in [6.45, 7) is 3.80. The van der Waals surface area contributed by atoms with Crippen molar-refractivity contribution in [1.82, 2.24) is 4.90 Å². The van der Waals surface area contributed by atoms with Crippen LogP contribution in [-0.2, 0) is 4.79 Å². The molecular weight excluding hydrogens is 126 g/mol. The number of unbranched alkanes of at least 4 members (excludes halogenated alkanes) is 2. The van der Waals surface area contributed by atoms with Crippen LogP contribution in [-0.4, -0.2) is 31.3 Å². The van der Waals surface area contributed by atoms with Gasteiger partial charge < -0.3 is 4.79 Å². The summed E-state index contributed by atoms with van der Waals surface area (Å²) in [6.07, 6.45) is 4.67. The smallest absolute Gasteiger partial charge is 0.133 e. The summed E-state index contributed by atoms with van der Waals surface area (Å²) in [5.41, 5.74) is 0. The molecule has 0 saturated carbocycles. The summed E-state index contributed by atoms with van der Waals surface area (Å²) < 4.78 is 0. The summed E-state index contributed by atoms with van der Waals surface area (Å²) in [4.78, 5) is 12.1. The quantitative estimate of drug-likeness (QED) is 0.412. The van der Waals surface area contributed by atoms with Gasteiger partial charge in [0.25, 0.3) is 0 Å². The van der Waals surface area contributed by atoms with Crippen LogP contribution in [0.4, 0.5) is 0 Å². The molecule has 0 bridgehead atoms. The van der Waals surface area contributed by atoms with Gasteiger partial charge in [-0.1, -0.05) is 19.8 Å². The largest absolute Gasteiger partial charge is 0.302 e. The highest BCUT2D eigenvalue weighted by Crippen LogP contribution is 1.94. The molecule has 2 nitrogen and oxygen atoms in total. The molecule has 0 spiro atoms. The van der Waals surface area contributed by atoms with Crippen LogP contribution in [0.2, 0.25) is 0 Å². The molecule has 0 aromatic rings. The predicted molar refractivity (Wildman–Crippen MR) is 43.1 cm³/mol. The summed E-state index contributed by atoms with van der Waals surface area (Å²) in [7, 11) is 1.98. The molecule has 0 unspecified atom stereocenters. The number of nitrogens with zero attached hydrogens (tertiary/aromatic N) is 1. The first-order valence-corrected chi connectivity index (χ1v) is 3.93. The van der Waals surface area contributed by atoms with E-state index in [9.17, 15) is 4.79 Å². The van der Waals surface area contributed by atoms with Crippen LogP contribution in [0, 0.1) is 0 Å². The zero-order valence-corrected chi connectivity index (χ0v) is 6.97. The fraction of sp³-hybridized carbons (Fsp3) is 0.875. The zero-order chi connectivity index (χ0) is 7.82. The summed E-state index contributed by atoms with van der Waals surface area (Å²) >= 11 is 0. The van der Waals surface area contributed by atoms with Crippen molar-refractivity contribution in [3.05, 3.63) is 0 Å². The minimum atomic E-state index is 0.573. The molecular formula is C8H17NO. The van der Waals surface area contributed by atoms with Gasteiger partial charge in [0, 0.05) is 0 Å². The zero-order valence-electron chi connectivity index (χ0n) is 6.97. The molecule has 0 aliphatic carbocycles. The lowest BCUT2D eigenvalue weighted by Gasteiger charge is -2.11. The maximum Gasteiger partial charge on any atom is 0.133 e. The number of hydrogen-bond donors (Lipinski definition) is 0. The summed E-state index contributed by atoms with van der Waals surface area (Å²) in [6, 6.07) is 0. The number of hydrogen-bond acceptors (Lipinski definition) is 2. The minimum Gasteiger partial charge on any atom is -0.302 e. The van der Waals surface area contributed by atoms with E-state index >= 15 is 0 Å². The Labute approximate surface area is 63.2 Å². The van der Waals surface area contributed by atoms with Crippen molar-refractivity contribution in [3.63, 3.8) is 0 Å². The third-order valence-corrected chi connectivity index (χ3v) is 1.53. The van der Waals surface area contributed by atoms with Crippen LogP contribution in [0.15, 0.2) is 0 Å². The van der Waals surface area contributed by atoms with Gasteiger partial charge in [-0.25, -0.2) is 0 Å². The molecule has 0 aliphatic heterocycles. The lowest BCUT2D eigenvalue weighted by Crippen LogP contribution is -2.21. The van der Waals surface area contributed by atoms with Crippen molar-refractivity contribution in [2.24, 2.45) is 0 Å². The van der Waals surface area contributed by atoms with E-state index in [0.29, 0.717) is 6.54 Å². The average Bonchev–Trinajstić information content (AvgIpc) is 1.89. The molecule has 2 heteroatoms. The van der Waals surface area contributed by atoms with Crippen molar-refractivity contribution in [2.75, 3.05) is 20.1 Å². The summed E-state index contributed by atoms with van der Waals surface area (Å²) in [5.74, 6) is 0. The number of rotatable bonds is 6. The van der Waals surface area contributed by atoms with Gasteiger partial charge >= 0.3 is 0 Å². The van der Waals surface area contributed by atoms with Gasteiger partial charge in [0.05, 0.1) is 6.54 Å². The van der Waals surface area contributed by atoms with E-state index in [0.717, 1.165) is 12.8 Å². The van der Waals surface area contributed by atoms with Gasteiger partial charge in [0.2, 0.25) is 0 Å². The van der Waals surface area contributed by atoms with Gasteiger partial charge in [-0.15, -0.1) is 0 Å². The summed E-state index contributed by atoms with van der Waals surface area (Å²) in [5, 5.41) is 0. The number of carbonyl (C=O) groups is 1. The standard InChI is InChI=1S/C8H17NO/c1-3-4-5-6-9(2)7-8-10/h8H,3-7H2,1-2H3. The minimum absolute atomic E-state index is 0.573. The molecule has 0 aromatic heterocycles. The van der Waals surface area contributed by atoms with Gasteiger partial charge in [-0.2, -0.15) is 0 Å². The first-order chi connectivity index (χ1) is 4.81. The Morgan fingerprint density at radius 2 is 2.10 bits per heavy atom. The van der Waals surface area contributed by atoms with E-state index in [2.05, 4.69) is 6.92 Å². The van der Waals surface area contributed by atoms with Crippen molar-refractivity contribution in [1.29, 1.82) is 0 Å². The molecule has 0 heterocycles. The Bertz CT molecular complexity index is 83.3. The van der Waals surface area contributed by atoms with E-state index < -0.39 is 0 Å². The molecule has 0 radical (unpaired) electrons. The Hall–Kier alpha value is -0.370. The van der Waals surface area contributed by atoms with E-state index in [-0.39, 0.29) is 0 Å². The first-order valence-electron chi connectivity index (χ1n) is 3.93. The van der Waals surface area contributed by atoms with Gasteiger partial charge in [-0.05, 0) is 20.0 Å². The third kappa shape index (κ3) is 5.76. The molecule has 0 N–H and O–H groups in total. The van der Waals surface area contributed by atoms with E-state index in [1.807, 2.05) is 11.9 Å². The Balaban J connectivity index is 3.04. The molecule has 0 rings (SSSR count). The van der Waals surface area contributed by atoms with Crippen LogP contribution in [0.1, 0.15) is 26.2 Å². The third-order valence-electron chi connectivity index (χ3n) is 1.53.